The summed E-state index contributed by atoms with van der Waals surface area (Å²) in [7, 11) is 0. The molecule has 0 saturated carbocycles. The van der Waals surface area contributed by atoms with E-state index in [0.717, 1.165) is 0 Å². The Balaban J connectivity index is 3.58. The minimum Gasteiger partial charge on any atom is -0.428 e. The normalized spacial score (nSPS) is 10.7. The third-order valence-electron chi connectivity index (χ3n) is 1.13. The molecule has 0 heterocycles. The van der Waals surface area contributed by atoms with Gasteiger partial charge in [0.2, 0.25) is 5.83 Å². The largest absolute Gasteiger partial charge is 0.428 e. The molecular weight excluding hydrogens is 209 g/mol. The van der Waals surface area contributed by atoms with Crippen molar-refractivity contribution >= 4 is 12.0 Å². The van der Waals surface area contributed by atoms with E-state index in [1.807, 2.05) is 0 Å². The Labute approximate surface area is 85.1 Å². The molecule has 86 valence electrons. The molecule has 0 aromatic carbocycles. The number of aliphatic hydroxyl groups is 1. The Hall–Kier alpha value is -1.83. The maximum Gasteiger partial charge on any atom is 0.408 e. The van der Waals surface area contributed by atoms with E-state index in [-0.39, 0.29) is 19.9 Å². The van der Waals surface area contributed by atoms with E-state index in [4.69, 9.17) is 5.11 Å². The van der Waals surface area contributed by atoms with Gasteiger partial charge in [0.05, 0.1) is 6.61 Å². The van der Waals surface area contributed by atoms with Crippen LogP contribution >= 0.6 is 0 Å². The van der Waals surface area contributed by atoms with Crippen LogP contribution in [0.4, 0.5) is 9.18 Å². The molecule has 0 aliphatic rings. The highest BCUT2D eigenvalue weighted by atomic mass is 19.1. The van der Waals surface area contributed by atoms with Crippen LogP contribution in [0.1, 0.15) is 0 Å². The lowest BCUT2D eigenvalue weighted by Crippen LogP contribution is -2.29. The maximum atomic E-state index is 12.4. The lowest BCUT2D eigenvalue weighted by molar-refractivity contribution is -0.115. The number of carbonyl (C=O) groups is 2. The average Bonchev–Trinajstić information content (AvgIpc) is 2.20. The predicted octanol–water partition coefficient (Wildman–Crippen LogP) is -1.45. The van der Waals surface area contributed by atoms with Crippen LogP contribution in [0.2, 0.25) is 0 Å². The van der Waals surface area contributed by atoms with E-state index >= 15 is 0 Å². The number of nitrogens with one attached hydrogen (secondary N) is 2. The SMILES string of the molecule is NC(=O)/C(F)=C\NCOC(=O)NCCO. The number of rotatable bonds is 6. The molecule has 0 bridgehead atoms. The summed E-state index contributed by atoms with van der Waals surface area (Å²) in [6.45, 7) is -0.471. The molecule has 0 atom stereocenters. The minimum absolute atomic E-state index is 0.0598. The van der Waals surface area contributed by atoms with E-state index in [0.29, 0.717) is 6.20 Å². The van der Waals surface area contributed by atoms with Gasteiger partial charge in [-0.2, -0.15) is 4.39 Å². The molecule has 0 aromatic heterocycles. The van der Waals surface area contributed by atoms with Crippen molar-refractivity contribution in [3.63, 3.8) is 0 Å². The number of alkyl carbamates (subject to hydrolysis) is 1. The summed E-state index contributed by atoms with van der Waals surface area (Å²) in [5.41, 5.74) is 4.57. The molecule has 0 fully saturated rings. The summed E-state index contributed by atoms with van der Waals surface area (Å²) in [6, 6.07) is 0. The first kappa shape index (κ1) is 13.2. The number of amides is 2. The molecule has 8 heteroatoms. The van der Waals surface area contributed by atoms with Crippen LogP contribution in [-0.4, -0.2) is 37.0 Å². The summed E-state index contributed by atoms with van der Waals surface area (Å²) >= 11 is 0. The van der Waals surface area contributed by atoms with Crippen LogP contribution in [-0.2, 0) is 9.53 Å². The van der Waals surface area contributed by atoms with Gasteiger partial charge in [0.15, 0.2) is 6.73 Å². The van der Waals surface area contributed by atoms with Crippen molar-refractivity contribution in [3.8, 4) is 0 Å². The number of ether oxygens (including phenoxy) is 1. The van der Waals surface area contributed by atoms with Gasteiger partial charge < -0.3 is 26.2 Å². The molecular formula is C7H12FN3O4. The Morgan fingerprint density at radius 3 is 2.73 bits per heavy atom. The number of carbonyl (C=O) groups excluding carboxylic acids is 2. The Morgan fingerprint density at radius 2 is 2.20 bits per heavy atom. The molecule has 0 rings (SSSR count). The van der Waals surface area contributed by atoms with Crippen LogP contribution in [0.15, 0.2) is 12.0 Å². The van der Waals surface area contributed by atoms with Crippen LogP contribution in [0.25, 0.3) is 0 Å². The second kappa shape index (κ2) is 7.56. The van der Waals surface area contributed by atoms with Crippen molar-refractivity contribution in [1.29, 1.82) is 0 Å². The third kappa shape index (κ3) is 7.26. The molecule has 0 spiro atoms. The van der Waals surface area contributed by atoms with E-state index in [2.05, 4.69) is 21.1 Å². The molecule has 0 aliphatic carbocycles. The summed E-state index contributed by atoms with van der Waals surface area (Å²) in [6.07, 6.45) is -0.0915. The molecule has 5 N–H and O–H groups in total. The monoisotopic (exact) mass is 221 g/mol. The van der Waals surface area contributed by atoms with E-state index in [1.54, 1.807) is 0 Å². The number of nitrogens with two attached hydrogens (primary N) is 1. The molecule has 0 aliphatic heterocycles. The van der Waals surface area contributed by atoms with Gasteiger partial charge in [-0.15, -0.1) is 0 Å². The second-order valence-corrected chi connectivity index (χ2v) is 2.29. The van der Waals surface area contributed by atoms with Gasteiger partial charge in [0.1, 0.15) is 0 Å². The summed E-state index contributed by atoms with van der Waals surface area (Å²) in [4.78, 5) is 20.8. The Bertz CT molecular complexity index is 257. The van der Waals surface area contributed by atoms with Crippen LogP contribution < -0.4 is 16.4 Å². The topological polar surface area (TPSA) is 114 Å². The van der Waals surface area contributed by atoms with Crippen LogP contribution in [0, 0.1) is 0 Å². The highest BCUT2D eigenvalue weighted by Crippen LogP contribution is 1.90. The van der Waals surface area contributed by atoms with Gasteiger partial charge in [-0.3, -0.25) is 4.79 Å². The number of halogens is 1. The minimum atomic E-state index is -1.22. The molecule has 0 radical (unpaired) electrons. The van der Waals surface area contributed by atoms with Crippen LogP contribution in [0.3, 0.4) is 0 Å². The fourth-order valence-corrected chi connectivity index (χ4v) is 0.519. The molecule has 0 aromatic rings. The van der Waals surface area contributed by atoms with Crippen molar-refractivity contribution in [1.82, 2.24) is 10.6 Å². The van der Waals surface area contributed by atoms with Crippen molar-refractivity contribution in [2.24, 2.45) is 5.73 Å². The average molecular weight is 221 g/mol. The second-order valence-electron chi connectivity index (χ2n) is 2.29. The summed E-state index contributed by atoms with van der Waals surface area (Å²) in [5, 5.41) is 12.7. The first-order valence-electron chi connectivity index (χ1n) is 3.98. The predicted molar refractivity (Wildman–Crippen MR) is 48.0 cm³/mol. The van der Waals surface area contributed by atoms with Crippen LogP contribution in [0.5, 0.6) is 0 Å². The van der Waals surface area contributed by atoms with Gasteiger partial charge in [0, 0.05) is 12.7 Å². The van der Waals surface area contributed by atoms with Gasteiger partial charge in [-0.25, -0.2) is 4.79 Å². The fraction of sp³-hybridized carbons (Fsp3) is 0.429. The molecule has 0 saturated heterocycles. The van der Waals surface area contributed by atoms with Crippen molar-refractivity contribution in [2.75, 3.05) is 19.9 Å². The zero-order valence-electron chi connectivity index (χ0n) is 7.83. The third-order valence-corrected chi connectivity index (χ3v) is 1.13. The zero-order chi connectivity index (χ0) is 11.7. The molecule has 7 nitrogen and oxygen atoms in total. The lowest BCUT2D eigenvalue weighted by Gasteiger charge is -2.05. The van der Waals surface area contributed by atoms with E-state index < -0.39 is 17.8 Å². The summed E-state index contributed by atoms with van der Waals surface area (Å²) < 4.78 is 16.8. The molecule has 15 heavy (non-hydrogen) atoms. The summed E-state index contributed by atoms with van der Waals surface area (Å²) in [5.74, 6) is -2.39. The van der Waals surface area contributed by atoms with Gasteiger partial charge in [0.25, 0.3) is 5.91 Å². The van der Waals surface area contributed by atoms with Gasteiger partial charge in [-0.1, -0.05) is 0 Å². The van der Waals surface area contributed by atoms with Crippen molar-refractivity contribution in [3.05, 3.63) is 12.0 Å². The lowest BCUT2D eigenvalue weighted by atomic mass is 10.5. The fourth-order valence-electron chi connectivity index (χ4n) is 0.519. The smallest absolute Gasteiger partial charge is 0.408 e. The number of aliphatic hydroxyl groups excluding tert-OH is 1. The number of primary amides is 1. The number of hydrogen-bond acceptors (Lipinski definition) is 5. The Kier molecular flexibility index (Phi) is 6.64. The first-order valence-corrected chi connectivity index (χ1v) is 3.98. The standard InChI is InChI=1S/C7H12FN3O4/c8-5(6(9)13)3-10-4-15-7(14)11-1-2-12/h3,10,12H,1-2,4H2,(H2,9,13)(H,11,14)/b5-3+. The molecule has 2 amide bonds. The van der Waals surface area contributed by atoms with E-state index in [1.165, 1.54) is 0 Å². The zero-order valence-corrected chi connectivity index (χ0v) is 7.83. The highest BCUT2D eigenvalue weighted by molar-refractivity contribution is 5.89. The Morgan fingerprint density at radius 1 is 1.53 bits per heavy atom. The van der Waals surface area contributed by atoms with E-state index in [9.17, 15) is 14.0 Å². The van der Waals surface area contributed by atoms with Gasteiger partial charge >= 0.3 is 6.09 Å². The first-order chi connectivity index (χ1) is 7.07. The van der Waals surface area contributed by atoms with Gasteiger partial charge in [-0.05, 0) is 0 Å². The molecule has 0 unspecified atom stereocenters. The quantitative estimate of drug-likeness (QED) is 0.249. The highest BCUT2D eigenvalue weighted by Gasteiger charge is 2.01. The maximum absolute atomic E-state index is 12.4. The van der Waals surface area contributed by atoms with Crippen molar-refractivity contribution in [2.45, 2.75) is 0 Å². The van der Waals surface area contributed by atoms with Crippen molar-refractivity contribution < 1.29 is 23.8 Å². The number of hydrogen-bond donors (Lipinski definition) is 4.